The minimum absolute atomic E-state index is 0.0182. The summed E-state index contributed by atoms with van der Waals surface area (Å²) in [6, 6.07) is 14.7. The maximum Gasteiger partial charge on any atom is 0.254 e. The predicted molar refractivity (Wildman–Crippen MR) is 128 cm³/mol. The van der Waals surface area contributed by atoms with E-state index in [1.165, 1.54) is 18.2 Å². The van der Waals surface area contributed by atoms with Crippen molar-refractivity contribution in [2.24, 2.45) is 11.8 Å². The molecule has 1 aliphatic carbocycles. The Hall–Kier alpha value is -3.00. The van der Waals surface area contributed by atoms with E-state index in [0.717, 1.165) is 12.8 Å². The van der Waals surface area contributed by atoms with E-state index in [1.54, 1.807) is 33.9 Å². The van der Waals surface area contributed by atoms with Crippen molar-refractivity contribution in [2.45, 2.75) is 50.7 Å². The smallest absolute Gasteiger partial charge is 0.254 e. The van der Waals surface area contributed by atoms with Crippen LogP contribution < -0.4 is 0 Å². The largest absolute Gasteiger partial charge is 0.332 e. The van der Waals surface area contributed by atoms with Crippen LogP contribution in [-0.2, 0) is 28.7 Å². The maximum absolute atomic E-state index is 13.8. The van der Waals surface area contributed by atoms with Gasteiger partial charge in [-0.3, -0.25) is 4.79 Å². The van der Waals surface area contributed by atoms with Crippen molar-refractivity contribution >= 4 is 15.7 Å². The Morgan fingerprint density at radius 2 is 1.88 bits per heavy atom. The molecule has 0 saturated heterocycles. The van der Waals surface area contributed by atoms with Gasteiger partial charge in [-0.25, -0.2) is 17.8 Å². The Kier molecular flexibility index (Phi) is 7.16. The number of benzene rings is 2. The van der Waals surface area contributed by atoms with Gasteiger partial charge in [0.15, 0.2) is 0 Å². The van der Waals surface area contributed by atoms with Gasteiger partial charge in [0.25, 0.3) is 5.91 Å². The first-order valence-corrected chi connectivity index (χ1v) is 13.2. The molecule has 2 aromatic carbocycles. The molecule has 1 amide bonds. The number of carbonyl (C=O) groups excluding carboxylic acids is 1. The Bertz CT molecular complexity index is 1250. The Morgan fingerprint density at radius 1 is 1.15 bits per heavy atom. The first-order chi connectivity index (χ1) is 16.2. The van der Waals surface area contributed by atoms with Gasteiger partial charge in [0.2, 0.25) is 15.0 Å². The Morgan fingerprint density at radius 3 is 2.53 bits per heavy atom. The Balaban J connectivity index is 1.65. The van der Waals surface area contributed by atoms with Gasteiger partial charge in [-0.15, -0.1) is 0 Å². The van der Waals surface area contributed by atoms with Crippen LogP contribution in [0.4, 0.5) is 4.39 Å². The molecule has 1 aliphatic rings. The van der Waals surface area contributed by atoms with Crippen molar-refractivity contribution in [2.75, 3.05) is 6.54 Å². The molecule has 6 nitrogen and oxygen atoms in total. The van der Waals surface area contributed by atoms with E-state index in [4.69, 9.17) is 0 Å². The van der Waals surface area contributed by atoms with Crippen LogP contribution in [0.2, 0.25) is 0 Å². The number of sulfone groups is 1. The normalized spacial score (nSPS) is 13.9. The third kappa shape index (κ3) is 5.91. The van der Waals surface area contributed by atoms with Crippen molar-refractivity contribution in [1.29, 1.82) is 0 Å². The van der Waals surface area contributed by atoms with Gasteiger partial charge in [-0.2, -0.15) is 0 Å². The zero-order valence-electron chi connectivity index (χ0n) is 19.5. The molecular formula is C26H30FN3O3S. The van der Waals surface area contributed by atoms with Gasteiger partial charge < -0.3 is 9.47 Å². The average molecular weight is 484 g/mol. The minimum atomic E-state index is -3.69. The Labute approximate surface area is 200 Å². The fraction of sp³-hybridized carbons (Fsp3) is 0.385. The summed E-state index contributed by atoms with van der Waals surface area (Å²) in [5.74, 6) is -0.278. The second-order valence-electron chi connectivity index (χ2n) is 9.42. The lowest BCUT2D eigenvalue weighted by atomic mass is 10.1. The van der Waals surface area contributed by atoms with E-state index in [-0.39, 0.29) is 34.8 Å². The molecular weight excluding hydrogens is 453 g/mol. The summed E-state index contributed by atoms with van der Waals surface area (Å²) < 4.78 is 42.0. The van der Waals surface area contributed by atoms with Crippen LogP contribution in [-0.4, -0.2) is 35.3 Å². The van der Waals surface area contributed by atoms with Crippen molar-refractivity contribution in [3.8, 4) is 0 Å². The highest BCUT2D eigenvalue weighted by atomic mass is 32.2. The molecule has 8 heteroatoms. The summed E-state index contributed by atoms with van der Waals surface area (Å²) in [5, 5.41) is 0.0182. The number of aromatic nitrogens is 2. The molecule has 1 fully saturated rings. The summed E-state index contributed by atoms with van der Waals surface area (Å²) in [4.78, 5) is 19.3. The van der Waals surface area contributed by atoms with E-state index < -0.39 is 15.7 Å². The minimum Gasteiger partial charge on any atom is -0.332 e. The SMILES string of the molecule is CC(C)Cn1c(CN(CC2CC2)C(=O)c2cccc(F)c2)cnc1S(=O)(=O)Cc1ccccc1. The molecule has 1 saturated carbocycles. The molecule has 0 spiro atoms. The van der Waals surface area contributed by atoms with Crippen molar-refractivity contribution in [1.82, 2.24) is 14.5 Å². The van der Waals surface area contributed by atoms with Crippen LogP contribution in [0.1, 0.15) is 48.3 Å². The number of rotatable bonds is 10. The molecule has 34 heavy (non-hydrogen) atoms. The zero-order chi connectivity index (χ0) is 24.3. The van der Waals surface area contributed by atoms with Crippen LogP contribution in [0.25, 0.3) is 0 Å². The summed E-state index contributed by atoms with van der Waals surface area (Å²) in [6.07, 6.45) is 3.66. The highest BCUT2D eigenvalue weighted by molar-refractivity contribution is 7.90. The first kappa shape index (κ1) is 24.1. The molecule has 3 aromatic rings. The monoisotopic (exact) mass is 483 g/mol. The predicted octanol–water partition coefficient (Wildman–Crippen LogP) is 4.70. The van der Waals surface area contributed by atoms with E-state index in [2.05, 4.69) is 4.98 Å². The van der Waals surface area contributed by atoms with Gasteiger partial charge in [0, 0.05) is 18.7 Å². The van der Waals surface area contributed by atoms with Crippen LogP contribution >= 0.6 is 0 Å². The topological polar surface area (TPSA) is 72.3 Å². The molecule has 0 bridgehead atoms. The standard InChI is InChI=1S/C26H30FN3O3S/c1-19(2)15-30-24(14-28-26(30)34(32,33)18-21-7-4-3-5-8-21)17-29(16-20-11-12-20)25(31)22-9-6-10-23(27)13-22/h3-10,13-14,19-20H,11-12,15-18H2,1-2H3. The molecule has 1 heterocycles. The molecule has 0 aliphatic heterocycles. The van der Waals surface area contributed by atoms with Crippen LogP contribution in [0.5, 0.6) is 0 Å². The van der Waals surface area contributed by atoms with Gasteiger partial charge in [0.1, 0.15) is 5.82 Å². The summed E-state index contributed by atoms with van der Waals surface area (Å²) in [6.45, 7) is 5.25. The number of imidazole rings is 1. The molecule has 180 valence electrons. The number of hydrogen-bond acceptors (Lipinski definition) is 4. The van der Waals surface area contributed by atoms with Crippen LogP contribution in [0.3, 0.4) is 0 Å². The van der Waals surface area contributed by atoms with E-state index in [9.17, 15) is 17.6 Å². The highest BCUT2D eigenvalue weighted by Gasteiger charge is 2.30. The van der Waals surface area contributed by atoms with E-state index >= 15 is 0 Å². The number of hydrogen-bond donors (Lipinski definition) is 0. The van der Waals surface area contributed by atoms with E-state index in [1.807, 2.05) is 32.0 Å². The van der Waals surface area contributed by atoms with Gasteiger partial charge >= 0.3 is 0 Å². The summed E-state index contributed by atoms with van der Waals surface area (Å²) in [5.41, 5.74) is 1.64. The van der Waals surface area contributed by atoms with Gasteiger partial charge in [-0.05, 0) is 48.4 Å². The number of halogens is 1. The number of nitrogens with zero attached hydrogens (tertiary/aromatic N) is 3. The average Bonchev–Trinajstić information content (AvgIpc) is 3.52. The number of amides is 1. The van der Waals surface area contributed by atoms with Gasteiger partial charge in [0.05, 0.1) is 24.2 Å². The molecule has 0 radical (unpaired) electrons. The quantitative estimate of drug-likeness (QED) is 0.419. The highest BCUT2D eigenvalue weighted by Crippen LogP contribution is 2.31. The fourth-order valence-electron chi connectivity index (χ4n) is 4.02. The van der Waals surface area contributed by atoms with Crippen molar-refractivity contribution in [3.63, 3.8) is 0 Å². The lowest BCUT2D eigenvalue weighted by Gasteiger charge is -2.24. The summed E-state index contributed by atoms with van der Waals surface area (Å²) in [7, 11) is -3.69. The molecule has 0 unspecified atom stereocenters. The zero-order valence-corrected chi connectivity index (χ0v) is 20.3. The number of carbonyl (C=O) groups is 1. The second kappa shape index (κ2) is 10.1. The third-order valence-corrected chi connectivity index (χ3v) is 7.41. The first-order valence-electron chi connectivity index (χ1n) is 11.6. The van der Waals surface area contributed by atoms with Gasteiger partial charge in [-0.1, -0.05) is 50.2 Å². The molecule has 4 rings (SSSR count). The second-order valence-corrected chi connectivity index (χ2v) is 11.3. The molecule has 1 aromatic heterocycles. The van der Waals surface area contributed by atoms with E-state index in [0.29, 0.717) is 30.3 Å². The molecule has 0 N–H and O–H groups in total. The lowest BCUT2D eigenvalue weighted by molar-refractivity contribution is 0.0729. The van der Waals surface area contributed by atoms with Crippen LogP contribution in [0, 0.1) is 17.7 Å². The maximum atomic E-state index is 13.8. The summed E-state index contributed by atoms with van der Waals surface area (Å²) >= 11 is 0. The molecule has 0 atom stereocenters. The van der Waals surface area contributed by atoms with Crippen LogP contribution in [0.15, 0.2) is 66.0 Å². The third-order valence-electron chi connectivity index (χ3n) is 5.81. The van der Waals surface area contributed by atoms with Crippen molar-refractivity contribution < 1.29 is 17.6 Å². The lowest BCUT2D eigenvalue weighted by Crippen LogP contribution is -2.33. The van der Waals surface area contributed by atoms with Crippen molar-refractivity contribution in [3.05, 3.63) is 83.4 Å². The fourth-order valence-corrected chi connectivity index (χ4v) is 5.52.